The number of ether oxygens (including phenoxy) is 1. The predicted octanol–water partition coefficient (Wildman–Crippen LogP) is 2.53. The molecule has 22 heavy (non-hydrogen) atoms. The third kappa shape index (κ3) is 3.26. The minimum Gasteiger partial charge on any atom is -0.458 e. The van der Waals surface area contributed by atoms with E-state index in [9.17, 15) is 0 Å². The van der Waals surface area contributed by atoms with Crippen molar-refractivity contribution < 1.29 is 4.74 Å². The summed E-state index contributed by atoms with van der Waals surface area (Å²) in [5, 5.41) is 1.06. The number of hydrogen-bond acceptors (Lipinski definition) is 6. The molecule has 0 bridgehead atoms. The normalized spacial score (nSPS) is 10.6. The highest BCUT2D eigenvalue weighted by Gasteiger charge is 2.09. The first-order valence-corrected chi connectivity index (χ1v) is 6.94. The number of hydrogen-bond donors (Lipinski definition) is 1. The first kappa shape index (κ1) is 14.6. The molecule has 0 radical (unpaired) electrons. The second kappa shape index (κ2) is 6.17. The summed E-state index contributed by atoms with van der Waals surface area (Å²) in [7, 11) is 0. The average molecular weight is 337 g/mol. The van der Waals surface area contributed by atoms with Gasteiger partial charge in [-0.25, -0.2) is 4.98 Å². The molecule has 0 saturated carbocycles. The number of halogens is 2. The Morgan fingerprint density at radius 1 is 1.18 bits per heavy atom. The van der Waals surface area contributed by atoms with Crippen LogP contribution in [-0.2, 0) is 6.61 Å². The molecule has 0 aliphatic heterocycles. The molecular formula is C13H10Cl2N6O. The maximum absolute atomic E-state index is 6.08. The van der Waals surface area contributed by atoms with Crippen LogP contribution in [0.3, 0.4) is 0 Å². The summed E-state index contributed by atoms with van der Waals surface area (Å²) < 4.78 is 7.13. The van der Waals surface area contributed by atoms with Gasteiger partial charge in [-0.1, -0.05) is 29.3 Å². The number of nitrogens with two attached hydrogens (primary N) is 1. The summed E-state index contributed by atoms with van der Waals surface area (Å²) in [4.78, 5) is 16.0. The van der Waals surface area contributed by atoms with Gasteiger partial charge in [0.2, 0.25) is 11.9 Å². The summed E-state index contributed by atoms with van der Waals surface area (Å²) in [6.07, 6.45) is 4.84. The number of rotatable bonds is 4. The molecule has 2 heterocycles. The minimum atomic E-state index is 0.0518. The molecule has 0 unspecified atom stereocenters. The van der Waals surface area contributed by atoms with Gasteiger partial charge in [0.25, 0.3) is 0 Å². The summed E-state index contributed by atoms with van der Waals surface area (Å²) in [5.74, 6) is 0.373. The smallest absolute Gasteiger partial charge is 0.323 e. The van der Waals surface area contributed by atoms with Crippen LogP contribution in [0.1, 0.15) is 5.56 Å². The largest absolute Gasteiger partial charge is 0.458 e. The number of aromatic nitrogens is 5. The van der Waals surface area contributed by atoms with Gasteiger partial charge in [0.1, 0.15) is 12.9 Å². The molecule has 3 rings (SSSR count). The van der Waals surface area contributed by atoms with Crippen LogP contribution in [0.25, 0.3) is 5.95 Å². The topological polar surface area (TPSA) is 91.7 Å². The van der Waals surface area contributed by atoms with Gasteiger partial charge >= 0.3 is 6.01 Å². The zero-order chi connectivity index (χ0) is 15.5. The molecule has 1 aromatic carbocycles. The van der Waals surface area contributed by atoms with Crippen LogP contribution in [0.5, 0.6) is 6.01 Å². The molecule has 7 nitrogen and oxygen atoms in total. The van der Waals surface area contributed by atoms with E-state index in [0.29, 0.717) is 16.0 Å². The Hall–Kier alpha value is -2.38. The Balaban J connectivity index is 1.80. The molecule has 3 aromatic rings. The van der Waals surface area contributed by atoms with Crippen LogP contribution in [0.15, 0.2) is 36.9 Å². The van der Waals surface area contributed by atoms with E-state index in [1.54, 1.807) is 41.5 Å². The van der Waals surface area contributed by atoms with Gasteiger partial charge in [-0.15, -0.1) is 0 Å². The van der Waals surface area contributed by atoms with Crippen LogP contribution >= 0.6 is 23.2 Å². The molecule has 112 valence electrons. The van der Waals surface area contributed by atoms with Gasteiger partial charge in [-0.3, -0.25) is 4.57 Å². The third-order valence-corrected chi connectivity index (χ3v) is 3.31. The minimum absolute atomic E-state index is 0.0518. The maximum atomic E-state index is 6.08. The van der Waals surface area contributed by atoms with E-state index in [0.717, 1.165) is 5.56 Å². The van der Waals surface area contributed by atoms with Crippen molar-refractivity contribution in [2.45, 2.75) is 6.61 Å². The molecule has 0 aliphatic rings. The van der Waals surface area contributed by atoms with Gasteiger partial charge in [0.05, 0.1) is 0 Å². The molecule has 0 spiro atoms. The average Bonchev–Trinajstić information content (AvgIpc) is 3.00. The predicted molar refractivity (Wildman–Crippen MR) is 82.2 cm³/mol. The lowest BCUT2D eigenvalue weighted by atomic mass is 10.2. The van der Waals surface area contributed by atoms with E-state index in [1.165, 1.54) is 0 Å². The summed E-state index contributed by atoms with van der Waals surface area (Å²) in [6, 6.07) is 5.24. The summed E-state index contributed by atoms with van der Waals surface area (Å²) >= 11 is 11.9. The number of imidazole rings is 1. The van der Waals surface area contributed by atoms with E-state index < -0.39 is 0 Å². The first-order chi connectivity index (χ1) is 10.6. The van der Waals surface area contributed by atoms with Crippen molar-refractivity contribution in [2.75, 3.05) is 5.73 Å². The Morgan fingerprint density at radius 2 is 2.05 bits per heavy atom. The fourth-order valence-electron chi connectivity index (χ4n) is 1.70. The van der Waals surface area contributed by atoms with Crippen molar-refractivity contribution in [2.24, 2.45) is 0 Å². The van der Waals surface area contributed by atoms with Gasteiger partial charge < -0.3 is 10.5 Å². The maximum Gasteiger partial charge on any atom is 0.323 e. The number of benzene rings is 1. The van der Waals surface area contributed by atoms with Gasteiger partial charge in [-0.05, 0) is 12.1 Å². The van der Waals surface area contributed by atoms with E-state index >= 15 is 0 Å². The van der Waals surface area contributed by atoms with Crippen LogP contribution in [0.4, 0.5) is 5.95 Å². The van der Waals surface area contributed by atoms with Crippen molar-refractivity contribution in [3.63, 3.8) is 0 Å². The van der Waals surface area contributed by atoms with Crippen LogP contribution < -0.4 is 10.5 Å². The Labute approximate surface area is 135 Å². The van der Waals surface area contributed by atoms with Crippen LogP contribution in [0, 0.1) is 0 Å². The van der Waals surface area contributed by atoms with Gasteiger partial charge in [0, 0.05) is 28.0 Å². The summed E-state index contributed by atoms with van der Waals surface area (Å²) in [5.41, 5.74) is 6.42. The molecule has 9 heteroatoms. The highest BCUT2D eigenvalue weighted by Crippen LogP contribution is 2.22. The van der Waals surface area contributed by atoms with E-state index in [4.69, 9.17) is 33.7 Å². The highest BCUT2D eigenvalue weighted by molar-refractivity contribution is 6.35. The molecule has 0 aliphatic carbocycles. The van der Waals surface area contributed by atoms with E-state index in [1.807, 2.05) is 0 Å². The van der Waals surface area contributed by atoms with Crippen molar-refractivity contribution in [1.29, 1.82) is 0 Å². The molecule has 0 atom stereocenters. The quantitative estimate of drug-likeness (QED) is 0.786. The molecule has 0 fully saturated rings. The van der Waals surface area contributed by atoms with Crippen molar-refractivity contribution in [3.8, 4) is 12.0 Å². The number of anilines is 1. The lowest BCUT2D eigenvalue weighted by Gasteiger charge is -2.08. The zero-order valence-electron chi connectivity index (χ0n) is 11.1. The van der Waals surface area contributed by atoms with Crippen molar-refractivity contribution >= 4 is 29.2 Å². The lowest BCUT2D eigenvalue weighted by molar-refractivity contribution is 0.280. The monoisotopic (exact) mass is 336 g/mol. The molecular weight excluding hydrogens is 327 g/mol. The number of nitrogen functional groups attached to an aromatic ring is 1. The second-order valence-electron chi connectivity index (χ2n) is 4.27. The van der Waals surface area contributed by atoms with Crippen LogP contribution in [-0.4, -0.2) is 24.5 Å². The number of nitrogens with zero attached hydrogens (tertiary/aromatic N) is 5. The SMILES string of the molecule is Nc1nc(OCc2ccc(Cl)cc2Cl)nc(-n2ccnc2)n1. The first-order valence-electron chi connectivity index (χ1n) is 6.18. The fourth-order valence-corrected chi connectivity index (χ4v) is 2.16. The summed E-state index contributed by atoms with van der Waals surface area (Å²) in [6.45, 7) is 0.183. The Bertz CT molecular complexity index is 793. The van der Waals surface area contributed by atoms with E-state index in [-0.39, 0.29) is 18.6 Å². The Morgan fingerprint density at radius 3 is 2.77 bits per heavy atom. The van der Waals surface area contributed by atoms with Crippen LogP contribution in [0.2, 0.25) is 10.0 Å². The molecule has 2 aromatic heterocycles. The van der Waals surface area contributed by atoms with Gasteiger partial charge in [0.15, 0.2) is 0 Å². The highest BCUT2D eigenvalue weighted by atomic mass is 35.5. The third-order valence-electron chi connectivity index (χ3n) is 2.73. The van der Waals surface area contributed by atoms with Crippen molar-refractivity contribution in [3.05, 3.63) is 52.5 Å². The molecule has 0 amide bonds. The van der Waals surface area contributed by atoms with E-state index in [2.05, 4.69) is 19.9 Å². The zero-order valence-corrected chi connectivity index (χ0v) is 12.7. The van der Waals surface area contributed by atoms with Crippen molar-refractivity contribution in [1.82, 2.24) is 24.5 Å². The lowest BCUT2D eigenvalue weighted by Crippen LogP contribution is -2.08. The molecule has 2 N–H and O–H groups in total. The van der Waals surface area contributed by atoms with Gasteiger partial charge in [-0.2, -0.15) is 15.0 Å². The fraction of sp³-hybridized carbons (Fsp3) is 0.0769. The Kier molecular flexibility index (Phi) is 4.08. The molecule has 0 saturated heterocycles. The second-order valence-corrected chi connectivity index (χ2v) is 5.11. The standard InChI is InChI=1S/C13H10Cl2N6O/c14-9-2-1-8(10(15)5-9)6-22-13-19-11(16)18-12(20-13)21-4-3-17-7-21/h1-5,7H,6H2,(H2,16,18,19,20).